The van der Waals surface area contributed by atoms with Crippen LogP contribution >= 0.6 is 11.3 Å². The Morgan fingerprint density at radius 2 is 1.91 bits per heavy atom. The van der Waals surface area contributed by atoms with Crippen LogP contribution in [-0.2, 0) is 17.9 Å². The van der Waals surface area contributed by atoms with Crippen molar-refractivity contribution < 1.29 is 18.7 Å². The smallest absolute Gasteiger partial charge is 0.332 e. The molecule has 1 aliphatic rings. The zero-order valence-electron chi connectivity index (χ0n) is 16.5. The molecule has 1 aliphatic heterocycles. The molecule has 0 spiro atoms. The predicted molar refractivity (Wildman–Crippen MR) is 117 cm³/mol. The zero-order chi connectivity index (χ0) is 22.2. The normalized spacial score (nSPS) is 12.3. The largest absolute Gasteiger partial charge is 0.454 e. The molecular formula is C22H16FN3O5S. The summed E-state index contributed by atoms with van der Waals surface area (Å²) in [4.78, 5) is 38.8. The van der Waals surface area contributed by atoms with E-state index in [-0.39, 0.29) is 25.6 Å². The molecule has 2 aromatic heterocycles. The number of thiophene rings is 1. The third kappa shape index (κ3) is 3.65. The number of halogens is 1. The van der Waals surface area contributed by atoms with E-state index in [1.54, 1.807) is 35.7 Å². The lowest BCUT2D eigenvalue weighted by Gasteiger charge is -2.13. The molecule has 162 valence electrons. The fourth-order valence-corrected chi connectivity index (χ4v) is 4.40. The fraction of sp³-hybridized carbons (Fsp3) is 0.136. The van der Waals surface area contributed by atoms with Crippen LogP contribution in [0.1, 0.15) is 5.56 Å². The van der Waals surface area contributed by atoms with Crippen LogP contribution in [0.25, 0.3) is 10.2 Å². The SMILES string of the molecule is O=C(Cn1c(=O)n(Cc2ccc3c(c2)OCO3)c(=O)c2sccc21)Nc1cccc(F)c1. The minimum absolute atomic E-state index is 0.00760. The van der Waals surface area contributed by atoms with Crippen molar-refractivity contribution in [2.45, 2.75) is 13.1 Å². The van der Waals surface area contributed by atoms with E-state index in [1.807, 2.05) is 0 Å². The van der Waals surface area contributed by atoms with Crippen molar-refractivity contribution in [2.75, 3.05) is 12.1 Å². The van der Waals surface area contributed by atoms with E-state index in [0.29, 0.717) is 27.3 Å². The Balaban J connectivity index is 1.50. The lowest BCUT2D eigenvalue weighted by molar-refractivity contribution is -0.116. The topological polar surface area (TPSA) is 91.6 Å². The first kappa shape index (κ1) is 20.0. The number of hydrogen-bond acceptors (Lipinski definition) is 6. The van der Waals surface area contributed by atoms with Crippen LogP contribution in [0.3, 0.4) is 0 Å². The minimum atomic E-state index is -0.618. The fourth-order valence-electron chi connectivity index (χ4n) is 3.56. The van der Waals surface area contributed by atoms with Crippen molar-refractivity contribution in [1.29, 1.82) is 0 Å². The van der Waals surface area contributed by atoms with Gasteiger partial charge in [-0.25, -0.2) is 9.18 Å². The number of anilines is 1. The molecule has 4 aromatic rings. The molecule has 5 rings (SSSR count). The molecule has 0 bridgehead atoms. The maximum atomic E-state index is 13.4. The van der Waals surface area contributed by atoms with E-state index in [1.165, 1.54) is 34.1 Å². The third-order valence-electron chi connectivity index (χ3n) is 5.02. The number of amides is 1. The van der Waals surface area contributed by atoms with Gasteiger partial charge in [0.2, 0.25) is 12.7 Å². The molecule has 3 heterocycles. The first-order valence-corrected chi connectivity index (χ1v) is 10.5. The van der Waals surface area contributed by atoms with E-state index in [0.717, 1.165) is 4.57 Å². The molecule has 0 unspecified atom stereocenters. The number of fused-ring (bicyclic) bond motifs is 2. The minimum Gasteiger partial charge on any atom is -0.454 e. The van der Waals surface area contributed by atoms with Crippen LogP contribution in [0, 0.1) is 5.82 Å². The molecule has 0 atom stereocenters. The summed E-state index contributed by atoms with van der Waals surface area (Å²) in [5.41, 5.74) is 0.284. The summed E-state index contributed by atoms with van der Waals surface area (Å²) in [6.45, 7) is -0.204. The van der Waals surface area contributed by atoms with Crippen molar-refractivity contribution in [3.63, 3.8) is 0 Å². The molecule has 32 heavy (non-hydrogen) atoms. The molecule has 1 N–H and O–H groups in total. The van der Waals surface area contributed by atoms with Gasteiger partial charge in [0.05, 0.1) is 12.1 Å². The van der Waals surface area contributed by atoms with Gasteiger partial charge in [-0.15, -0.1) is 11.3 Å². The van der Waals surface area contributed by atoms with E-state index >= 15 is 0 Å². The summed E-state index contributed by atoms with van der Waals surface area (Å²) in [6.07, 6.45) is 0. The van der Waals surface area contributed by atoms with Crippen molar-refractivity contribution >= 4 is 33.1 Å². The van der Waals surface area contributed by atoms with E-state index in [2.05, 4.69) is 5.32 Å². The summed E-state index contributed by atoms with van der Waals surface area (Å²) in [6, 6.07) is 12.3. The Kier molecular flexibility index (Phi) is 4.98. The number of carbonyl (C=O) groups is 1. The molecule has 1 amide bonds. The standard InChI is InChI=1S/C22H16FN3O5S/c23-14-2-1-3-15(9-14)24-19(27)11-25-16-6-7-32-20(16)21(28)26(22(25)29)10-13-4-5-17-18(8-13)31-12-30-17/h1-9H,10-12H2,(H,24,27). The van der Waals surface area contributed by atoms with Gasteiger partial charge in [-0.05, 0) is 47.3 Å². The predicted octanol–water partition coefficient (Wildman–Crippen LogP) is 2.78. The first-order chi connectivity index (χ1) is 15.5. The molecule has 2 aromatic carbocycles. The average molecular weight is 453 g/mol. The number of nitrogens with one attached hydrogen (secondary N) is 1. The Morgan fingerprint density at radius 3 is 2.75 bits per heavy atom. The van der Waals surface area contributed by atoms with Gasteiger partial charge < -0.3 is 14.8 Å². The summed E-state index contributed by atoms with van der Waals surface area (Å²) >= 11 is 1.20. The van der Waals surface area contributed by atoms with Crippen molar-refractivity contribution in [3.05, 3.63) is 86.1 Å². The second-order valence-electron chi connectivity index (χ2n) is 7.14. The Hall–Kier alpha value is -3.92. The number of aromatic nitrogens is 2. The van der Waals surface area contributed by atoms with Gasteiger partial charge in [0, 0.05) is 5.69 Å². The van der Waals surface area contributed by atoms with Gasteiger partial charge in [0.1, 0.15) is 17.1 Å². The Morgan fingerprint density at radius 1 is 1.06 bits per heavy atom. The highest BCUT2D eigenvalue weighted by Crippen LogP contribution is 2.32. The number of benzene rings is 2. The Labute approximate surface area is 184 Å². The van der Waals surface area contributed by atoms with Crippen LogP contribution in [0.15, 0.2) is 63.5 Å². The maximum Gasteiger partial charge on any atom is 0.332 e. The molecule has 0 aliphatic carbocycles. The number of hydrogen-bond donors (Lipinski definition) is 1. The molecular weight excluding hydrogens is 437 g/mol. The van der Waals surface area contributed by atoms with Crippen molar-refractivity contribution in [3.8, 4) is 11.5 Å². The number of rotatable bonds is 5. The van der Waals surface area contributed by atoms with E-state index in [9.17, 15) is 18.8 Å². The van der Waals surface area contributed by atoms with Crippen molar-refractivity contribution in [2.24, 2.45) is 0 Å². The van der Waals surface area contributed by atoms with Crippen LogP contribution in [0.4, 0.5) is 10.1 Å². The highest BCUT2D eigenvalue weighted by Gasteiger charge is 2.18. The maximum absolute atomic E-state index is 13.4. The van der Waals surface area contributed by atoms with Crippen LogP contribution < -0.4 is 26.0 Å². The monoisotopic (exact) mass is 453 g/mol. The second-order valence-corrected chi connectivity index (χ2v) is 8.06. The van der Waals surface area contributed by atoms with E-state index < -0.39 is 23.0 Å². The summed E-state index contributed by atoms with van der Waals surface area (Å²) in [5.74, 6) is 0.139. The van der Waals surface area contributed by atoms with Crippen LogP contribution in [0.2, 0.25) is 0 Å². The second kappa shape index (κ2) is 7.97. The quantitative estimate of drug-likeness (QED) is 0.502. The average Bonchev–Trinajstić information content (AvgIpc) is 3.43. The van der Waals surface area contributed by atoms with Gasteiger partial charge in [-0.1, -0.05) is 12.1 Å². The molecule has 0 saturated heterocycles. The zero-order valence-corrected chi connectivity index (χ0v) is 17.4. The van der Waals surface area contributed by atoms with Gasteiger partial charge in [0.15, 0.2) is 11.5 Å². The summed E-state index contributed by atoms with van der Waals surface area (Å²) in [7, 11) is 0. The Bertz CT molecular complexity index is 1470. The van der Waals surface area contributed by atoms with Gasteiger partial charge in [0.25, 0.3) is 5.56 Å². The van der Waals surface area contributed by atoms with Gasteiger partial charge in [-0.2, -0.15) is 0 Å². The molecule has 0 radical (unpaired) electrons. The molecule has 8 nitrogen and oxygen atoms in total. The third-order valence-corrected chi connectivity index (χ3v) is 5.92. The van der Waals surface area contributed by atoms with Crippen molar-refractivity contribution in [1.82, 2.24) is 9.13 Å². The first-order valence-electron chi connectivity index (χ1n) is 9.64. The lowest BCUT2D eigenvalue weighted by Crippen LogP contribution is -2.41. The van der Waals surface area contributed by atoms with Gasteiger partial charge in [-0.3, -0.25) is 18.7 Å². The number of ether oxygens (including phenoxy) is 2. The number of carbonyl (C=O) groups excluding carboxylic acids is 1. The molecule has 0 fully saturated rings. The van der Waals surface area contributed by atoms with Gasteiger partial charge >= 0.3 is 5.69 Å². The van der Waals surface area contributed by atoms with Crippen LogP contribution in [0.5, 0.6) is 11.5 Å². The highest BCUT2D eigenvalue weighted by atomic mass is 32.1. The molecule has 10 heteroatoms. The highest BCUT2D eigenvalue weighted by molar-refractivity contribution is 7.17. The number of nitrogens with zero attached hydrogens (tertiary/aromatic N) is 2. The van der Waals surface area contributed by atoms with Crippen LogP contribution in [-0.4, -0.2) is 21.8 Å². The lowest BCUT2D eigenvalue weighted by atomic mass is 10.2. The van der Waals surface area contributed by atoms with E-state index in [4.69, 9.17) is 9.47 Å². The summed E-state index contributed by atoms with van der Waals surface area (Å²) < 4.78 is 26.8. The summed E-state index contributed by atoms with van der Waals surface area (Å²) in [5, 5.41) is 4.27. The molecule has 0 saturated carbocycles.